The monoisotopic (exact) mass is 341 g/mol. The van der Waals surface area contributed by atoms with E-state index < -0.39 is 0 Å². The van der Waals surface area contributed by atoms with Gasteiger partial charge in [-0.15, -0.1) is 0 Å². The Bertz CT molecular complexity index is 701. The van der Waals surface area contributed by atoms with E-state index in [4.69, 9.17) is 0 Å². The van der Waals surface area contributed by atoms with Gasteiger partial charge in [0.25, 0.3) is 5.91 Å². The molecule has 132 valence electrons. The lowest BCUT2D eigenvalue weighted by Gasteiger charge is -2.34. The van der Waals surface area contributed by atoms with Crippen LogP contribution in [0.1, 0.15) is 30.8 Å². The molecule has 0 aliphatic carbocycles. The predicted octanol–water partition coefficient (Wildman–Crippen LogP) is 1.44. The molecule has 2 aromatic heterocycles. The van der Waals surface area contributed by atoms with Crippen molar-refractivity contribution >= 4 is 17.7 Å². The molecule has 0 saturated carbocycles. The average molecular weight is 341 g/mol. The van der Waals surface area contributed by atoms with E-state index in [2.05, 4.69) is 44.0 Å². The van der Waals surface area contributed by atoms with Crippen molar-refractivity contribution in [2.75, 3.05) is 36.4 Å². The van der Waals surface area contributed by atoms with Gasteiger partial charge in [-0.25, -0.2) is 19.9 Å². The lowest BCUT2D eigenvalue weighted by molar-refractivity contribution is 0.0740. The first-order valence-electron chi connectivity index (χ1n) is 8.57. The van der Waals surface area contributed by atoms with Gasteiger partial charge in [0, 0.05) is 50.7 Å². The van der Waals surface area contributed by atoms with Crippen molar-refractivity contribution in [1.82, 2.24) is 24.8 Å². The lowest BCUT2D eigenvalue weighted by Crippen LogP contribution is -2.49. The van der Waals surface area contributed by atoms with Crippen molar-refractivity contribution in [3.63, 3.8) is 0 Å². The minimum Gasteiger partial charge on any atom is -0.368 e. The van der Waals surface area contributed by atoms with E-state index in [0.29, 0.717) is 49.7 Å². The van der Waals surface area contributed by atoms with Gasteiger partial charge in [0.1, 0.15) is 17.8 Å². The van der Waals surface area contributed by atoms with Crippen molar-refractivity contribution < 1.29 is 4.79 Å². The van der Waals surface area contributed by atoms with Crippen LogP contribution in [0.25, 0.3) is 0 Å². The molecule has 1 aliphatic rings. The van der Waals surface area contributed by atoms with E-state index in [-0.39, 0.29) is 5.91 Å². The summed E-state index contributed by atoms with van der Waals surface area (Å²) in [6, 6.07) is 3.82. The Morgan fingerprint density at radius 1 is 1.16 bits per heavy atom. The summed E-state index contributed by atoms with van der Waals surface area (Å²) in [5.41, 5.74) is 0.421. The van der Waals surface area contributed by atoms with Crippen molar-refractivity contribution in [2.24, 2.45) is 0 Å². The summed E-state index contributed by atoms with van der Waals surface area (Å²) in [5, 5.41) is 3.27. The Morgan fingerprint density at radius 3 is 2.56 bits per heavy atom. The summed E-state index contributed by atoms with van der Waals surface area (Å²) >= 11 is 0. The molecule has 1 amide bonds. The van der Waals surface area contributed by atoms with Gasteiger partial charge >= 0.3 is 0 Å². The number of nitrogens with one attached hydrogen (secondary N) is 1. The summed E-state index contributed by atoms with van der Waals surface area (Å²) in [6.07, 6.45) is 5.88. The molecule has 3 rings (SSSR count). The zero-order valence-electron chi connectivity index (χ0n) is 14.6. The second-order valence-electron chi connectivity index (χ2n) is 6.07. The van der Waals surface area contributed by atoms with Gasteiger partial charge in [0.2, 0.25) is 5.95 Å². The highest BCUT2D eigenvalue weighted by atomic mass is 16.2. The Kier molecular flexibility index (Phi) is 5.37. The van der Waals surface area contributed by atoms with Gasteiger partial charge in [0.15, 0.2) is 0 Å². The molecule has 1 unspecified atom stereocenters. The van der Waals surface area contributed by atoms with Gasteiger partial charge in [0.05, 0.1) is 0 Å². The summed E-state index contributed by atoms with van der Waals surface area (Å²) in [7, 11) is 0. The van der Waals surface area contributed by atoms with Gasteiger partial charge in [-0.1, -0.05) is 6.92 Å². The molecule has 1 saturated heterocycles. The highest BCUT2D eigenvalue weighted by molar-refractivity contribution is 5.93. The third-order valence-corrected chi connectivity index (χ3v) is 4.29. The maximum absolute atomic E-state index is 12.7. The average Bonchev–Trinajstić information content (AvgIpc) is 2.68. The first-order valence-corrected chi connectivity index (χ1v) is 8.57. The van der Waals surface area contributed by atoms with E-state index in [9.17, 15) is 4.79 Å². The lowest BCUT2D eigenvalue weighted by atomic mass is 10.2. The molecule has 1 aliphatic heterocycles. The molecule has 8 heteroatoms. The number of aromatic nitrogens is 4. The van der Waals surface area contributed by atoms with Crippen LogP contribution in [0.4, 0.5) is 11.8 Å². The minimum atomic E-state index is -0.0665. The van der Waals surface area contributed by atoms with E-state index in [1.54, 1.807) is 24.5 Å². The zero-order valence-corrected chi connectivity index (χ0v) is 14.6. The van der Waals surface area contributed by atoms with Gasteiger partial charge in [-0.05, 0) is 19.4 Å². The molecule has 3 heterocycles. The Hall–Kier alpha value is -2.77. The molecule has 0 radical (unpaired) electrons. The molecule has 0 aromatic carbocycles. The fourth-order valence-electron chi connectivity index (χ4n) is 2.63. The summed E-state index contributed by atoms with van der Waals surface area (Å²) < 4.78 is 0. The fraction of sp³-hybridized carbons (Fsp3) is 0.471. The smallest absolute Gasteiger partial charge is 0.272 e. The van der Waals surface area contributed by atoms with Crippen molar-refractivity contribution in [3.05, 3.63) is 36.5 Å². The number of carbonyl (C=O) groups is 1. The van der Waals surface area contributed by atoms with Gasteiger partial charge < -0.3 is 15.1 Å². The SMILES string of the molecule is CCC(C)Nc1cc(C(=O)N2CCN(c3ncccn3)CC2)ncn1. The summed E-state index contributed by atoms with van der Waals surface area (Å²) in [5.74, 6) is 1.32. The van der Waals surface area contributed by atoms with Crippen molar-refractivity contribution in [3.8, 4) is 0 Å². The first-order chi connectivity index (χ1) is 12.2. The van der Waals surface area contributed by atoms with Crippen LogP contribution in [0.3, 0.4) is 0 Å². The van der Waals surface area contributed by atoms with E-state index in [1.807, 2.05) is 4.90 Å². The van der Waals surface area contributed by atoms with Crippen LogP contribution < -0.4 is 10.2 Å². The number of rotatable bonds is 5. The van der Waals surface area contributed by atoms with Crippen molar-refractivity contribution in [1.29, 1.82) is 0 Å². The van der Waals surface area contributed by atoms with Crippen LogP contribution in [-0.2, 0) is 0 Å². The number of amides is 1. The zero-order chi connectivity index (χ0) is 17.6. The highest BCUT2D eigenvalue weighted by Crippen LogP contribution is 2.13. The van der Waals surface area contributed by atoms with E-state index >= 15 is 0 Å². The standard InChI is InChI=1S/C17H23N7O/c1-3-13(2)22-15-11-14(20-12-21-15)16(25)23-7-9-24(10-8-23)17-18-5-4-6-19-17/h4-6,11-13H,3,7-10H2,1-2H3,(H,20,21,22). The minimum absolute atomic E-state index is 0.0665. The summed E-state index contributed by atoms with van der Waals surface area (Å²) in [6.45, 7) is 6.83. The number of carbonyl (C=O) groups excluding carboxylic acids is 1. The molecule has 8 nitrogen and oxygen atoms in total. The predicted molar refractivity (Wildman–Crippen MR) is 95.6 cm³/mol. The van der Waals surface area contributed by atoms with Crippen LogP contribution in [0, 0.1) is 0 Å². The normalized spacial score (nSPS) is 15.8. The molecule has 0 spiro atoms. The largest absolute Gasteiger partial charge is 0.368 e. The molecule has 1 N–H and O–H groups in total. The number of piperazine rings is 1. The maximum Gasteiger partial charge on any atom is 0.272 e. The second-order valence-corrected chi connectivity index (χ2v) is 6.07. The number of hydrogen-bond donors (Lipinski definition) is 1. The van der Waals surface area contributed by atoms with Gasteiger partial charge in [-0.3, -0.25) is 4.79 Å². The van der Waals surface area contributed by atoms with Crippen LogP contribution >= 0.6 is 0 Å². The maximum atomic E-state index is 12.7. The second kappa shape index (κ2) is 7.87. The van der Waals surface area contributed by atoms with Crippen molar-refractivity contribution in [2.45, 2.75) is 26.3 Å². The third kappa shape index (κ3) is 4.20. The molecular formula is C17H23N7O. The Balaban J connectivity index is 1.62. The van der Waals surface area contributed by atoms with E-state index in [1.165, 1.54) is 6.33 Å². The molecule has 0 bridgehead atoms. The van der Waals surface area contributed by atoms with Gasteiger partial charge in [-0.2, -0.15) is 0 Å². The quantitative estimate of drug-likeness (QED) is 0.880. The Morgan fingerprint density at radius 2 is 1.88 bits per heavy atom. The molecule has 2 aromatic rings. The van der Waals surface area contributed by atoms with Crippen LogP contribution in [-0.4, -0.2) is 63.0 Å². The number of hydrogen-bond acceptors (Lipinski definition) is 7. The van der Waals surface area contributed by atoms with Crippen LogP contribution in [0.15, 0.2) is 30.9 Å². The number of nitrogens with zero attached hydrogens (tertiary/aromatic N) is 6. The fourth-order valence-corrected chi connectivity index (χ4v) is 2.63. The third-order valence-electron chi connectivity index (χ3n) is 4.29. The number of anilines is 2. The molecule has 25 heavy (non-hydrogen) atoms. The first kappa shape index (κ1) is 17.1. The highest BCUT2D eigenvalue weighted by Gasteiger charge is 2.24. The van der Waals surface area contributed by atoms with Crippen LogP contribution in [0.2, 0.25) is 0 Å². The molecular weight excluding hydrogens is 318 g/mol. The topological polar surface area (TPSA) is 87.1 Å². The van der Waals surface area contributed by atoms with E-state index in [0.717, 1.165) is 6.42 Å². The molecule has 1 atom stereocenters. The summed E-state index contributed by atoms with van der Waals surface area (Å²) in [4.78, 5) is 33.5. The van der Waals surface area contributed by atoms with Crippen LogP contribution in [0.5, 0.6) is 0 Å². The molecule has 1 fully saturated rings. The Labute approximate surface area is 147 Å².